The van der Waals surface area contributed by atoms with Crippen LogP contribution in [0, 0.1) is 5.92 Å². The maximum Gasteiger partial charge on any atom is 0.319 e. The summed E-state index contributed by atoms with van der Waals surface area (Å²) in [6.07, 6.45) is 7.45. The summed E-state index contributed by atoms with van der Waals surface area (Å²) in [6.45, 7) is 2.22. The first-order valence-corrected chi connectivity index (χ1v) is 10.6. The molecule has 2 fully saturated rings. The number of nitrogens with zero attached hydrogens (tertiary/aromatic N) is 1. The molecule has 5 heteroatoms. The zero-order valence-corrected chi connectivity index (χ0v) is 15.9. The van der Waals surface area contributed by atoms with E-state index in [0.717, 1.165) is 18.8 Å². The van der Waals surface area contributed by atoms with Crippen LogP contribution in [-0.4, -0.2) is 19.1 Å². The lowest BCUT2D eigenvalue weighted by molar-refractivity contribution is 0.243. The number of hydrogen-bond donors (Lipinski definition) is 2. The number of hydrogen-bond acceptors (Lipinski definition) is 3. The van der Waals surface area contributed by atoms with Crippen molar-refractivity contribution < 1.29 is 4.79 Å². The van der Waals surface area contributed by atoms with Gasteiger partial charge < -0.3 is 15.5 Å². The van der Waals surface area contributed by atoms with E-state index in [1.165, 1.54) is 49.1 Å². The van der Waals surface area contributed by atoms with Crippen molar-refractivity contribution in [2.75, 3.05) is 23.3 Å². The Hall–Kier alpha value is -2.01. The number of carbonyl (C=O) groups excluding carboxylic acids is 1. The van der Waals surface area contributed by atoms with Crippen LogP contribution in [0.5, 0.6) is 0 Å². The topological polar surface area (TPSA) is 44.4 Å². The average Bonchev–Trinajstić information content (AvgIpc) is 3.44. The van der Waals surface area contributed by atoms with Crippen molar-refractivity contribution in [3.05, 3.63) is 46.7 Å². The fourth-order valence-corrected chi connectivity index (χ4v) is 5.11. The number of carbonyl (C=O) groups is 1. The smallest absolute Gasteiger partial charge is 0.319 e. The molecule has 2 aromatic rings. The van der Waals surface area contributed by atoms with Gasteiger partial charge >= 0.3 is 6.03 Å². The highest BCUT2D eigenvalue weighted by Crippen LogP contribution is 2.37. The van der Waals surface area contributed by atoms with Gasteiger partial charge in [0.15, 0.2) is 0 Å². The lowest BCUT2D eigenvalue weighted by atomic mass is 9.97. The molecule has 1 aliphatic carbocycles. The molecule has 1 saturated heterocycles. The number of rotatable bonds is 5. The van der Waals surface area contributed by atoms with Crippen LogP contribution in [0.3, 0.4) is 0 Å². The second kappa shape index (κ2) is 8.12. The summed E-state index contributed by atoms with van der Waals surface area (Å²) in [6, 6.07) is 12.4. The van der Waals surface area contributed by atoms with Gasteiger partial charge in [-0.05, 0) is 61.2 Å². The minimum absolute atomic E-state index is 0.103. The van der Waals surface area contributed by atoms with Gasteiger partial charge in [-0.25, -0.2) is 4.79 Å². The Balaban J connectivity index is 1.43. The first-order chi connectivity index (χ1) is 12.8. The normalized spacial score (nSPS) is 18.8. The van der Waals surface area contributed by atoms with E-state index in [1.807, 2.05) is 12.1 Å². The summed E-state index contributed by atoms with van der Waals surface area (Å²) in [4.78, 5) is 16.3. The first kappa shape index (κ1) is 17.4. The molecule has 1 saturated carbocycles. The largest absolute Gasteiger partial charge is 0.371 e. The van der Waals surface area contributed by atoms with Gasteiger partial charge in [0.2, 0.25) is 0 Å². The van der Waals surface area contributed by atoms with Crippen LogP contribution in [0.4, 0.5) is 16.2 Å². The molecule has 0 bridgehead atoms. The molecule has 4 rings (SSSR count). The molecule has 2 aliphatic rings. The van der Waals surface area contributed by atoms with Gasteiger partial charge in [0.1, 0.15) is 0 Å². The Labute approximate surface area is 159 Å². The molecular weight excluding hydrogens is 342 g/mol. The molecule has 1 aromatic heterocycles. The summed E-state index contributed by atoms with van der Waals surface area (Å²) in [5.74, 6) is 0.551. The third-order valence-electron chi connectivity index (χ3n) is 5.58. The Bertz CT molecular complexity index is 719. The van der Waals surface area contributed by atoms with Crippen molar-refractivity contribution in [2.45, 2.75) is 44.6 Å². The monoisotopic (exact) mass is 369 g/mol. The minimum Gasteiger partial charge on any atom is -0.371 e. The van der Waals surface area contributed by atoms with Crippen molar-refractivity contribution >= 4 is 28.7 Å². The molecule has 138 valence electrons. The summed E-state index contributed by atoms with van der Waals surface area (Å²) in [7, 11) is 0. The zero-order chi connectivity index (χ0) is 17.8. The molecule has 1 aromatic carbocycles. The van der Waals surface area contributed by atoms with Crippen molar-refractivity contribution in [1.29, 1.82) is 0 Å². The van der Waals surface area contributed by atoms with Gasteiger partial charge in [-0.2, -0.15) is 0 Å². The van der Waals surface area contributed by atoms with Crippen LogP contribution in [0.15, 0.2) is 41.8 Å². The van der Waals surface area contributed by atoms with Gasteiger partial charge in [0.05, 0.1) is 6.04 Å². The van der Waals surface area contributed by atoms with E-state index in [1.54, 1.807) is 11.3 Å². The van der Waals surface area contributed by atoms with Crippen LogP contribution >= 0.6 is 11.3 Å². The highest BCUT2D eigenvalue weighted by atomic mass is 32.1. The average molecular weight is 370 g/mol. The van der Waals surface area contributed by atoms with Gasteiger partial charge in [-0.3, -0.25) is 0 Å². The number of amides is 2. The van der Waals surface area contributed by atoms with Gasteiger partial charge in [-0.15, -0.1) is 11.3 Å². The van der Waals surface area contributed by atoms with Crippen LogP contribution < -0.4 is 15.5 Å². The quantitative estimate of drug-likeness (QED) is 0.741. The number of urea groups is 1. The predicted molar refractivity (Wildman–Crippen MR) is 109 cm³/mol. The van der Waals surface area contributed by atoms with Gasteiger partial charge in [0.25, 0.3) is 0 Å². The van der Waals surface area contributed by atoms with E-state index in [0.29, 0.717) is 5.92 Å². The van der Waals surface area contributed by atoms with E-state index in [2.05, 4.69) is 45.2 Å². The molecule has 2 N–H and O–H groups in total. The summed E-state index contributed by atoms with van der Waals surface area (Å²) in [5, 5.41) is 8.39. The lowest BCUT2D eigenvalue weighted by Gasteiger charge is -2.24. The van der Waals surface area contributed by atoms with Gasteiger partial charge in [-0.1, -0.05) is 25.0 Å². The summed E-state index contributed by atoms with van der Waals surface area (Å²) >= 11 is 1.74. The third kappa shape index (κ3) is 4.04. The Morgan fingerprint density at radius 2 is 1.88 bits per heavy atom. The van der Waals surface area contributed by atoms with E-state index in [4.69, 9.17) is 0 Å². The van der Waals surface area contributed by atoms with Crippen molar-refractivity contribution in [1.82, 2.24) is 5.32 Å². The molecule has 26 heavy (non-hydrogen) atoms. The Morgan fingerprint density at radius 3 is 2.62 bits per heavy atom. The molecule has 1 unspecified atom stereocenters. The second-order valence-electron chi connectivity index (χ2n) is 7.38. The molecule has 0 radical (unpaired) electrons. The molecular formula is C21H27N3OS. The fourth-order valence-electron chi connectivity index (χ4n) is 4.24. The minimum atomic E-state index is -0.103. The lowest BCUT2D eigenvalue weighted by Crippen LogP contribution is -2.35. The van der Waals surface area contributed by atoms with Crippen molar-refractivity contribution in [2.24, 2.45) is 5.92 Å². The number of nitrogens with one attached hydrogen (secondary N) is 2. The SMILES string of the molecule is O=C(Nc1cccc(N2CCCC2)c1)NC(c1cccs1)C1CCCC1. The fraction of sp³-hybridized carbons (Fsp3) is 0.476. The molecule has 0 spiro atoms. The standard InChI is InChI=1S/C21H27N3OS/c25-21(22-17-9-5-10-18(15-17)24-12-3-4-13-24)23-20(16-7-1-2-8-16)19-11-6-14-26-19/h5-6,9-11,14-16,20H,1-4,7-8,12-13H2,(H2,22,23,25). The predicted octanol–water partition coefficient (Wildman–Crippen LogP) is 5.40. The second-order valence-corrected chi connectivity index (χ2v) is 8.36. The van der Waals surface area contributed by atoms with E-state index in [9.17, 15) is 4.79 Å². The Kier molecular flexibility index (Phi) is 5.44. The Morgan fingerprint density at radius 1 is 1.08 bits per heavy atom. The molecule has 2 heterocycles. The molecule has 4 nitrogen and oxygen atoms in total. The highest BCUT2D eigenvalue weighted by molar-refractivity contribution is 7.10. The number of thiophene rings is 1. The van der Waals surface area contributed by atoms with Gasteiger partial charge in [0, 0.05) is 29.3 Å². The van der Waals surface area contributed by atoms with E-state index < -0.39 is 0 Å². The molecule has 1 atom stereocenters. The van der Waals surface area contributed by atoms with Crippen LogP contribution in [0.25, 0.3) is 0 Å². The zero-order valence-electron chi connectivity index (χ0n) is 15.1. The van der Waals surface area contributed by atoms with Crippen LogP contribution in [-0.2, 0) is 0 Å². The van der Waals surface area contributed by atoms with Crippen LogP contribution in [0.2, 0.25) is 0 Å². The van der Waals surface area contributed by atoms with Crippen molar-refractivity contribution in [3.8, 4) is 0 Å². The first-order valence-electron chi connectivity index (χ1n) is 9.75. The number of benzene rings is 1. The van der Waals surface area contributed by atoms with Crippen LogP contribution in [0.1, 0.15) is 49.4 Å². The number of anilines is 2. The maximum atomic E-state index is 12.7. The summed E-state index contributed by atoms with van der Waals surface area (Å²) in [5.41, 5.74) is 2.06. The van der Waals surface area contributed by atoms with Crippen molar-refractivity contribution in [3.63, 3.8) is 0 Å². The summed E-state index contributed by atoms with van der Waals surface area (Å²) < 4.78 is 0. The van der Waals surface area contributed by atoms with E-state index in [-0.39, 0.29) is 12.1 Å². The third-order valence-corrected chi connectivity index (χ3v) is 6.54. The molecule has 2 amide bonds. The molecule has 1 aliphatic heterocycles. The van der Waals surface area contributed by atoms with E-state index >= 15 is 0 Å². The maximum absolute atomic E-state index is 12.7. The highest BCUT2D eigenvalue weighted by Gasteiger charge is 2.28.